The van der Waals surface area contributed by atoms with Gasteiger partial charge in [0, 0.05) is 37.7 Å². The molecule has 2 fully saturated rings. The molecule has 32 heavy (non-hydrogen) atoms. The Kier molecular flexibility index (Phi) is 6.38. The topological polar surface area (TPSA) is 118 Å². The molecule has 1 N–H and O–H groups in total. The van der Waals surface area contributed by atoms with Crippen molar-refractivity contribution >= 4 is 23.4 Å². The second kappa shape index (κ2) is 9.37. The number of nitrogens with zero attached hydrogens (tertiary/aromatic N) is 4. The molecule has 0 aliphatic carbocycles. The van der Waals surface area contributed by atoms with Crippen molar-refractivity contribution in [2.75, 3.05) is 31.6 Å². The fourth-order valence-electron chi connectivity index (χ4n) is 4.22. The van der Waals surface area contributed by atoms with Gasteiger partial charge in [0.05, 0.1) is 19.6 Å². The summed E-state index contributed by atoms with van der Waals surface area (Å²) < 4.78 is 10.2. The van der Waals surface area contributed by atoms with Gasteiger partial charge in [-0.1, -0.05) is 5.16 Å². The fraction of sp³-hybridized carbons (Fsp3) is 0.500. The summed E-state index contributed by atoms with van der Waals surface area (Å²) in [6.07, 6.45) is 1.38. The number of hydrogen-bond donors (Lipinski definition) is 1. The van der Waals surface area contributed by atoms with Crippen molar-refractivity contribution in [1.29, 1.82) is 0 Å². The molecule has 10 heteroatoms. The number of benzene rings is 1. The lowest BCUT2D eigenvalue weighted by atomic mass is 9.94. The third-order valence-corrected chi connectivity index (χ3v) is 6.02. The van der Waals surface area contributed by atoms with Crippen LogP contribution in [0.15, 0.2) is 28.8 Å². The van der Waals surface area contributed by atoms with Crippen molar-refractivity contribution < 1.29 is 23.6 Å². The highest BCUT2D eigenvalue weighted by Gasteiger charge is 2.38. The van der Waals surface area contributed by atoms with Gasteiger partial charge in [0.1, 0.15) is 5.75 Å². The van der Waals surface area contributed by atoms with Crippen LogP contribution in [0.5, 0.6) is 5.75 Å². The smallest absolute Gasteiger partial charge is 0.246 e. The molecule has 2 aliphatic heterocycles. The van der Waals surface area contributed by atoms with E-state index in [9.17, 15) is 14.4 Å². The molecular formula is C22H27N5O5. The first-order valence-corrected chi connectivity index (χ1v) is 10.7. The number of rotatable bonds is 6. The van der Waals surface area contributed by atoms with Gasteiger partial charge in [-0.3, -0.25) is 14.4 Å². The first kappa shape index (κ1) is 21.8. The van der Waals surface area contributed by atoms with E-state index in [1.54, 1.807) is 36.0 Å². The maximum absolute atomic E-state index is 13.0. The number of amides is 3. The van der Waals surface area contributed by atoms with Crippen LogP contribution in [0.1, 0.15) is 31.0 Å². The van der Waals surface area contributed by atoms with Gasteiger partial charge in [-0.15, -0.1) is 0 Å². The van der Waals surface area contributed by atoms with Crippen molar-refractivity contribution in [2.45, 2.75) is 32.7 Å². The SMILES string of the molecule is COc1ccc(N2CC(C(=O)N3CCC(C(=O)NCc4nc(C)no4)CC3)CC2=O)cc1. The second-order valence-electron chi connectivity index (χ2n) is 8.16. The molecule has 0 bridgehead atoms. The van der Waals surface area contributed by atoms with Gasteiger partial charge in [0.25, 0.3) is 0 Å². The summed E-state index contributed by atoms with van der Waals surface area (Å²) >= 11 is 0. The number of likely N-dealkylation sites (tertiary alicyclic amines) is 1. The molecule has 0 saturated carbocycles. The molecule has 10 nitrogen and oxygen atoms in total. The van der Waals surface area contributed by atoms with E-state index in [1.807, 2.05) is 12.1 Å². The summed E-state index contributed by atoms with van der Waals surface area (Å²) in [5.41, 5.74) is 0.762. The lowest BCUT2D eigenvalue weighted by molar-refractivity contribution is -0.139. The molecule has 1 atom stereocenters. The minimum atomic E-state index is -0.365. The van der Waals surface area contributed by atoms with E-state index in [0.717, 1.165) is 5.69 Å². The van der Waals surface area contributed by atoms with E-state index < -0.39 is 0 Å². The highest BCUT2D eigenvalue weighted by Crippen LogP contribution is 2.29. The van der Waals surface area contributed by atoms with Gasteiger partial charge >= 0.3 is 0 Å². The van der Waals surface area contributed by atoms with E-state index in [0.29, 0.717) is 49.9 Å². The maximum atomic E-state index is 13.0. The predicted molar refractivity (Wildman–Crippen MR) is 114 cm³/mol. The van der Waals surface area contributed by atoms with Crippen LogP contribution >= 0.6 is 0 Å². The van der Waals surface area contributed by atoms with Crippen LogP contribution in [0.4, 0.5) is 5.69 Å². The molecule has 3 heterocycles. The summed E-state index contributed by atoms with van der Waals surface area (Å²) in [6.45, 7) is 3.29. The largest absolute Gasteiger partial charge is 0.497 e. The Morgan fingerprint density at radius 1 is 1.19 bits per heavy atom. The highest BCUT2D eigenvalue weighted by atomic mass is 16.5. The zero-order valence-corrected chi connectivity index (χ0v) is 18.2. The van der Waals surface area contributed by atoms with Crippen molar-refractivity contribution in [2.24, 2.45) is 11.8 Å². The maximum Gasteiger partial charge on any atom is 0.246 e. The standard InChI is InChI=1S/C22H27N5O5/c1-14-24-19(32-25-14)12-23-21(29)15-7-9-26(10-8-15)22(30)16-11-20(28)27(13-16)17-3-5-18(31-2)6-4-17/h3-6,15-16H,7-13H2,1-2H3,(H,23,29). The lowest BCUT2D eigenvalue weighted by Gasteiger charge is -2.32. The second-order valence-corrected chi connectivity index (χ2v) is 8.16. The van der Waals surface area contributed by atoms with Crippen molar-refractivity contribution in [3.05, 3.63) is 36.0 Å². The summed E-state index contributed by atoms with van der Waals surface area (Å²) in [7, 11) is 1.59. The third-order valence-electron chi connectivity index (χ3n) is 6.02. The molecule has 1 aromatic carbocycles. The van der Waals surface area contributed by atoms with E-state index in [4.69, 9.17) is 9.26 Å². The fourth-order valence-corrected chi connectivity index (χ4v) is 4.22. The van der Waals surface area contributed by atoms with Crippen molar-refractivity contribution in [1.82, 2.24) is 20.4 Å². The summed E-state index contributed by atoms with van der Waals surface area (Å²) in [6, 6.07) is 7.24. The van der Waals surface area contributed by atoms with Gasteiger partial charge in [0.2, 0.25) is 23.6 Å². The Morgan fingerprint density at radius 3 is 2.53 bits per heavy atom. The number of anilines is 1. The van der Waals surface area contributed by atoms with Crippen LogP contribution in [0, 0.1) is 18.8 Å². The molecule has 170 valence electrons. The highest BCUT2D eigenvalue weighted by molar-refractivity contribution is 6.00. The number of nitrogens with one attached hydrogen (secondary N) is 1. The number of methoxy groups -OCH3 is 1. The Hall–Kier alpha value is -3.43. The van der Waals surface area contributed by atoms with Gasteiger partial charge in [-0.05, 0) is 44.0 Å². The molecule has 1 unspecified atom stereocenters. The van der Waals surface area contributed by atoms with Crippen LogP contribution < -0.4 is 15.0 Å². The quantitative estimate of drug-likeness (QED) is 0.718. The van der Waals surface area contributed by atoms with Crippen LogP contribution in [-0.4, -0.2) is 59.5 Å². The Balaban J connectivity index is 1.26. The molecule has 2 aliphatic rings. The molecule has 2 saturated heterocycles. The van der Waals surface area contributed by atoms with Crippen LogP contribution in [-0.2, 0) is 20.9 Å². The molecule has 0 spiro atoms. The van der Waals surface area contributed by atoms with Gasteiger partial charge in [0.15, 0.2) is 5.82 Å². The van der Waals surface area contributed by atoms with Gasteiger partial charge in [-0.25, -0.2) is 0 Å². The number of carbonyl (C=O) groups excluding carboxylic acids is 3. The normalized spacial score (nSPS) is 19.3. The van der Waals surface area contributed by atoms with Gasteiger partial charge < -0.3 is 24.4 Å². The van der Waals surface area contributed by atoms with E-state index in [-0.39, 0.29) is 42.5 Å². The zero-order chi connectivity index (χ0) is 22.7. The number of aromatic nitrogens is 2. The lowest BCUT2D eigenvalue weighted by Crippen LogP contribution is -2.45. The molecular weight excluding hydrogens is 414 g/mol. The first-order chi connectivity index (χ1) is 15.4. The van der Waals surface area contributed by atoms with E-state index >= 15 is 0 Å². The molecule has 4 rings (SSSR count). The van der Waals surface area contributed by atoms with Crippen molar-refractivity contribution in [3.63, 3.8) is 0 Å². The average molecular weight is 441 g/mol. The summed E-state index contributed by atoms with van der Waals surface area (Å²) in [4.78, 5) is 45.5. The summed E-state index contributed by atoms with van der Waals surface area (Å²) in [5.74, 6) is 0.933. The minimum absolute atomic E-state index is 0.0189. The minimum Gasteiger partial charge on any atom is -0.497 e. The Morgan fingerprint density at radius 2 is 1.91 bits per heavy atom. The summed E-state index contributed by atoms with van der Waals surface area (Å²) in [5, 5.41) is 6.52. The molecule has 1 aromatic heterocycles. The number of piperidine rings is 1. The molecule has 0 radical (unpaired) electrons. The van der Waals surface area contributed by atoms with Crippen molar-refractivity contribution in [3.8, 4) is 5.75 Å². The monoisotopic (exact) mass is 441 g/mol. The molecule has 2 aromatic rings. The number of ether oxygens (including phenoxy) is 1. The molecule has 3 amide bonds. The predicted octanol–water partition coefficient (Wildman–Crippen LogP) is 1.29. The average Bonchev–Trinajstić information content (AvgIpc) is 3.42. The number of hydrogen-bond acceptors (Lipinski definition) is 7. The Bertz CT molecular complexity index is 981. The van der Waals surface area contributed by atoms with Gasteiger partial charge in [-0.2, -0.15) is 4.98 Å². The van der Waals surface area contributed by atoms with E-state index in [1.165, 1.54) is 0 Å². The Labute approximate surface area is 185 Å². The van der Waals surface area contributed by atoms with E-state index in [2.05, 4.69) is 15.5 Å². The van der Waals surface area contributed by atoms with Crippen LogP contribution in [0.2, 0.25) is 0 Å². The first-order valence-electron chi connectivity index (χ1n) is 10.7. The number of aryl methyl sites for hydroxylation is 1. The van der Waals surface area contributed by atoms with Crippen LogP contribution in [0.3, 0.4) is 0 Å². The van der Waals surface area contributed by atoms with Crippen LogP contribution in [0.25, 0.3) is 0 Å². The third kappa shape index (κ3) is 4.74. The zero-order valence-electron chi connectivity index (χ0n) is 18.2. The number of carbonyl (C=O) groups is 3.